The van der Waals surface area contributed by atoms with E-state index < -0.39 is 29.7 Å². The second-order valence-electron chi connectivity index (χ2n) is 5.67. The molecule has 0 aliphatic carbocycles. The number of amides is 2. The number of halogens is 4. The van der Waals surface area contributed by atoms with Crippen LogP contribution in [0.3, 0.4) is 0 Å². The molecular weight excluding hydrogens is 380 g/mol. The molecular formula is C19H16F4N2O3. The van der Waals surface area contributed by atoms with Gasteiger partial charge in [-0.15, -0.1) is 13.2 Å². The molecule has 148 valence electrons. The molecule has 2 aromatic carbocycles. The number of likely N-dealkylation sites (N-methyl/N-ethyl adjacent to an activating group) is 1. The monoisotopic (exact) mass is 396 g/mol. The number of alkyl halides is 3. The number of carbonyl (C=O) groups excluding carboxylic acids is 2. The van der Waals surface area contributed by atoms with Gasteiger partial charge in [-0.2, -0.15) is 0 Å². The van der Waals surface area contributed by atoms with Gasteiger partial charge in [0.05, 0.1) is 6.54 Å². The first kappa shape index (κ1) is 20.9. The molecule has 28 heavy (non-hydrogen) atoms. The maximum absolute atomic E-state index is 13.5. The molecule has 0 aliphatic rings. The number of hydrogen-bond acceptors (Lipinski definition) is 3. The highest BCUT2D eigenvalue weighted by Gasteiger charge is 2.30. The Kier molecular flexibility index (Phi) is 6.75. The maximum Gasteiger partial charge on any atom is 0.573 e. The van der Waals surface area contributed by atoms with Gasteiger partial charge in [-0.1, -0.05) is 18.2 Å². The van der Waals surface area contributed by atoms with Crippen LogP contribution in [0.2, 0.25) is 0 Å². The third-order valence-electron chi connectivity index (χ3n) is 3.44. The van der Waals surface area contributed by atoms with Crippen LogP contribution in [0, 0.1) is 5.82 Å². The number of benzene rings is 2. The minimum Gasteiger partial charge on any atom is -0.406 e. The Morgan fingerprint density at radius 2 is 1.75 bits per heavy atom. The van der Waals surface area contributed by atoms with Crippen molar-refractivity contribution in [2.75, 3.05) is 18.9 Å². The summed E-state index contributed by atoms with van der Waals surface area (Å²) in [6, 6.07) is 10.5. The summed E-state index contributed by atoms with van der Waals surface area (Å²) in [7, 11) is 1.38. The smallest absolute Gasteiger partial charge is 0.406 e. The first-order chi connectivity index (χ1) is 13.1. The number of nitrogens with zero attached hydrogens (tertiary/aromatic N) is 1. The molecule has 2 rings (SSSR count). The van der Waals surface area contributed by atoms with E-state index in [4.69, 9.17) is 0 Å². The average Bonchev–Trinajstić information content (AvgIpc) is 2.61. The van der Waals surface area contributed by atoms with Crippen molar-refractivity contribution in [2.24, 2.45) is 0 Å². The van der Waals surface area contributed by atoms with Crippen LogP contribution in [-0.4, -0.2) is 36.7 Å². The van der Waals surface area contributed by atoms with Gasteiger partial charge < -0.3 is 15.0 Å². The van der Waals surface area contributed by atoms with Crippen molar-refractivity contribution in [3.8, 4) is 5.75 Å². The molecule has 0 unspecified atom stereocenters. The van der Waals surface area contributed by atoms with E-state index in [2.05, 4.69) is 10.1 Å². The Labute approximate surface area is 158 Å². The Morgan fingerprint density at radius 3 is 2.36 bits per heavy atom. The van der Waals surface area contributed by atoms with Crippen LogP contribution in [-0.2, 0) is 9.59 Å². The summed E-state index contributed by atoms with van der Waals surface area (Å²) in [4.78, 5) is 25.1. The van der Waals surface area contributed by atoms with Gasteiger partial charge in [0.15, 0.2) is 0 Å². The molecule has 0 saturated heterocycles. The fourth-order valence-corrected chi connectivity index (χ4v) is 2.13. The van der Waals surface area contributed by atoms with Crippen LogP contribution in [0.1, 0.15) is 5.56 Å². The fourth-order valence-electron chi connectivity index (χ4n) is 2.13. The van der Waals surface area contributed by atoms with Crippen molar-refractivity contribution < 1.29 is 31.9 Å². The van der Waals surface area contributed by atoms with Crippen molar-refractivity contribution in [1.82, 2.24) is 4.90 Å². The summed E-state index contributed by atoms with van der Waals surface area (Å²) < 4.78 is 53.6. The van der Waals surface area contributed by atoms with Crippen molar-refractivity contribution in [2.45, 2.75) is 6.36 Å². The van der Waals surface area contributed by atoms with Gasteiger partial charge in [-0.05, 0) is 36.4 Å². The topological polar surface area (TPSA) is 58.6 Å². The summed E-state index contributed by atoms with van der Waals surface area (Å²) in [5, 5.41) is 2.45. The minimum atomic E-state index is -4.80. The highest BCUT2D eigenvalue weighted by molar-refractivity contribution is 5.97. The zero-order valence-corrected chi connectivity index (χ0v) is 14.7. The van der Waals surface area contributed by atoms with Crippen LogP contribution in [0.4, 0.5) is 23.2 Å². The van der Waals surface area contributed by atoms with Crippen molar-refractivity contribution in [1.29, 1.82) is 0 Å². The number of ether oxygens (including phenoxy) is 1. The SMILES string of the molecule is CN(CC(=O)Nc1ccc(OC(F)(F)F)cc1)C(=O)/C=C/c1ccccc1F. The summed E-state index contributed by atoms with van der Waals surface area (Å²) >= 11 is 0. The molecule has 1 N–H and O–H groups in total. The third kappa shape index (κ3) is 6.75. The second kappa shape index (κ2) is 9.03. The molecule has 0 atom stereocenters. The lowest BCUT2D eigenvalue weighted by atomic mass is 10.2. The van der Waals surface area contributed by atoms with E-state index in [-0.39, 0.29) is 17.8 Å². The van der Waals surface area contributed by atoms with Crippen LogP contribution in [0.25, 0.3) is 6.08 Å². The average molecular weight is 396 g/mol. The van der Waals surface area contributed by atoms with Gasteiger partial charge in [0, 0.05) is 24.4 Å². The molecule has 0 aromatic heterocycles. The van der Waals surface area contributed by atoms with Gasteiger partial charge >= 0.3 is 6.36 Å². The third-order valence-corrected chi connectivity index (χ3v) is 3.44. The molecule has 0 aliphatic heterocycles. The van der Waals surface area contributed by atoms with E-state index in [1.54, 1.807) is 6.07 Å². The summed E-state index contributed by atoms with van der Waals surface area (Å²) in [6.07, 6.45) is -2.37. The second-order valence-corrected chi connectivity index (χ2v) is 5.67. The standard InChI is InChI=1S/C19H16F4N2O3/c1-25(18(27)11-6-13-4-2-3-5-16(13)20)12-17(26)24-14-7-9-15(10-8-14)28-19(21,22)23/h2-11H,12H2,1H3,(H,24,26)/b11-6+. The van der Waals surface area contributed by atoms with E-state index in [0.717, 1.165) is 23.1 Å². The van der Waals surface area contributed by atoms with Gasteiger partial charge in [0.25, 0.3) is 0 Å². The Morgan fingerprint density at radius 1 is 1.11 bits per heavy atom. The number of rotatable bonds is 6. The molecule has 0 radical (unpaired) electrons. The number of nitrogens with one attached hydrogen (secondary N) is 1. The predicted octanol–water partition coefficient (Wildman–Crippen LogP) is 3.83. The molecule has 0 heterocycles. The number of hydrogen-bond donors (Lipinski definition) is 1. The fraction of sp³-hybridized carbons (Fsp3) is 0.158. The predicted molar refractivity (Wildman–Crippen MR) is 94.8 cm³/mol. The van der Waals surface area contributed by atoms with Gasteiger partial charge in [0.1, 0.15) is 11.6 Å². The highest BCUT2D eigenvalue weighted by atomic mass is 19.4. The first-order valence-electron chi connectivity index (χ1n) is 7.97. The quantitative estimate of drug-likeness (QED) is 0.596. The summed E-state index contributed by atoms with van der Waals surface area (Å²) in [6.45, 7) is -0.304. The van der Waals surface area contributed by atoms with E-state index in [1.165, 1.54) is 43.5 Å². The van der Waals surface area contributed by atoms with E-state index >= 15 is 0 Å². The lowest BCUT2D eigenvalue weighted by Crippen LogP contribution is -2.33. The normalized spacial score (nSPS) is 11.3. The van der Waals surface area contributed by atoms with E-state index in [9.17, 15) is 27.2 Å². The molecule has 0 spiro atoms. The molecule has 0 saturated carbocycles. The molecule has 0 bridgehead atoms. The lowest BCUT2D eigenvalue weighted by molar-refractivity contribution is -0.274. The van der Waals surface area contributed by atoms with Crippen molar-refractivity contribution in [3.05, 3.63) is 66.0 Å². The molecule has 2 amide bonds. The Bertz CT molecular complexity index is 864. The number of carbonyl (C=O) groups is 2. The zero-order valence-electron chi connectivity index (χ0n) is 14.7. The Hall–Kier alpha value is -3.36. The van der Waals surface area contributed by atoms with Crippen LogP contribution < -0.4 is 10.1 Å². The zero-order chi connectivity index (χ0) is 20.7. The van der Waals surface area contributed by atoms with Crippen LogP contribution >= 0.6 is 0 Å². The van der Waals surface area contributed by atoms with Crippen LogP contribution in [0.15, 0.2) is 54.6 Å². The highest BCUT2D eigenvalue weighted by Crippen LogP contribution is 2.23. The van der Waals surface area contributed by atoms with E-state index in [1.807, 2.05) is 0 Å². The van der Waals surface area contributed by atoms with Crippen molar-refractivity contribution >= 4 is 23.6 Å². The maximum atomic E-state index is 13.5. The van der Waals surface area contributed by atoms with Crippen LogP contribution in [0.5, 0.6) is 5.75 Å². The molecule has 2 aromatic rings. The molecule has 0 fully saturated rings. The minimum absolute atomic E-state index is 0.231. The van der Waals surface area contributed by atoms with Gasteiger partial charge in [-0.3, -0.25) is 9.59 Å². The first-order valence-corrected chi connectivity index (χ1v) is 7.97. The van der Waals surface area contributed by atoms with Gasteiger partial charge in [0.2, 0.25) is 11.8 Å². The Balaban J connectivity index is 1.88. The lowest BCUT2D eigenvalue weighted by Gasteiger charge is -2.15. The number of anilines is 1. The molecule has 5 nitrogen and oxygen atoms in total. The summed E-state index contributed by atoms with van der Waals surface area (Å²) in [5.41, 5.74) is 0.470. The van der Waals surface area contributed by atoms with E-state index in [0.29, 0.717) is 0 Å². The largest absolute Gasteiger partial charge is 0.573 e. The van der Waals surface area contributed by atoms with Gasteiger partial charge in [-0.25, -0.2) is 4.39 Å². The summed E-state index contributed by atoms with van der Waals surface area (Å²) in [5.74, 6) is -1.98. The molecule has 9 heteroatoms. The van der Waals surface area contributed by atoms with Crippen molar-refractivity contribution in [3.63, 3.8) is 0 Å².